The first-order chi connectivity index (χ1) is 20.8. The molecule has 4 heterocycles. The lowest BCUT2D eigenvalue weighted by molar-refractivity contribution is 0.752. The van der Waals surface area contributed by atoms with E-state index in [0.29, 0.717) is 0 Å². The Hall–Kier alpha value is -5.56. The van der Waals surface area contributed by atoms with Crippen LogP contribution in [0, 0.1) is 0 Å². The van der Waals surface area contributed by atoms with Crippen molar-refractivity contribution in [2.45, 2.75) is 0 Å². The number of anilines is 4. The number of benzene rings is 5. The van der Waals surface area contributed by atoms with Crippen LogP contribution in [0.1, 0.15) is 0 Å². The predicted molar refractivity (Wildman–Crippen MR) is 171 cm³/mol. The number of aromatic nitrogens is 3. The largest absolute Gasteiger partial charge is 0.376 e. The normalized spacial score (nSPS) is 14.3. The van der Waals surface area contributed by atoms with Crippen molar-refractivity contribution in [2.24, 2.45) is 0 Å². The Morgan fingerprint density at radius 1 is 0.500 bits per heavy atom. The molecule has 0 unspecified atom stereocenters. The molecule has 6 nitrogen and oxygen atoms in total. The lowest BCUT2D eigenvalue weighted by atomic mass is 9.43. The highest BCUT2D eigenvalue weighted by molar-refractivity contribution is 6.92. The van der Waals surface area contributed by atoms with Crippen molar-refractivity contribution < 1.29 is 0 Å². The van der Waals surface area contributed by atoms with E-state index in [9.17, 15) is 0 Å². The molecule has 9 rings (SSSR count). The molecule has 0 aliphatic carbocycles. The summed E-state index contributed by atoms with van der Waals surface area (Å²) in [6, 6.07) is 41.6. The minimum atomic E-state index is -0.00734. The van der Waals surface area contributed by atoms with Gasteiger partial charge >= 0.3 is 6.85 Å². The summed E-state index contributed by atoms with van der Waals surface area (Å²) in [5.74, 6) is 0. The highest BCUT2D eigenvalue weighted by Crippen LogP contribution is 2.46. The Morgan fingerprint density at radius 2 is 1.05 bits per heavy atom. The van der Waals surface area contributed by atoms with Gasteiger partial charge in [-0.2, -0.15) is 15.0 Å². The zero-order valence-electron chi connectivity index (χ0n) is 22.7. The minimum absolute atomic E-state index is 0.00734. The number of hydrogen-bond acceptors (Lipinski definition) is 5. The SMILES string of the molecule is C1=CN(c2ccc3c(c2)B2c4cc(-n5nccn5)ccc4-c4ccccc4N2c2ccccc2-3)CN1c1ccccc1. The second-order valence-corrected chi connectivity index (χ2v) is 10.9. The molecule has 0 atom stereocenters. The molecule has 6 aromatic rings. The molecule has 0 N–H and O–H groups in total. The molecule has 0 radical (unpaired) electrons. The fraction of sp³-hybridized carbons (Fsp3) is 0.0286. The lowest BCUT2D eigenvalue weighted by Crippen LogP contribution is -2.59. The zero-order valence-corrected chi connectivity index (χ0v) is 22.7. The number of fused-ring (bicyclic) bond motifs is 11. The van der Waals surface area contributed by atoms with E-state index in [-0.39, 0.29) is 6.85 Å². The summed E-state index contributed by atoms with van der Waals surface area (Å²) in [5, 5.41) is 8.87. The van der Waals surface area contributed by atoms with E-state index >= 15 is 0 Å². The fourth-order valence-electron chi connectivity index (χ4n) is 6.75. The average molecular weight is 540 g/mol. The standard InChI is InChI=1S/C35H25BN6/c1-2-8-25(9-3-1)39-20-21-40(24-39)26-14-16-28-30-10-4-6-12-34(30)41-35-13-7-5-11-31(35)29-17-15-27(42-37-18-19-38-42)23-33(29)36(41)32(28)22-26/h1-23H,24H2. The van der Waals surface area contributed by atoms with Crippen molar-refractivity contribution in [1.82, 2.24) is 15.0 Å². The molecule has 3 aliphatic rings. The zero-order chi connectivity index (χ0) is 27.6. The van der Waals surface area contributed by atoms with E-state index in [4.69, 9.17) is 0 Å². The summed E-state index contributed by atoms with van der Waals surface area (Å²) in [6.07, 6.45) is 7.78. The smallest absolute Gasteiger partial charge is 0.329 e. The van der Waals surface area contributed by atoms with E-state index in [1.165, 1.54) is 55.9 Å². The van der Waals surface area contributed by atoms with Crippen LogP contribution in [0.2, 0.25) is 0 Å². The number of para-hydroxylation sites is 3. The van der Waals surface area contributed by atoms with Gasteiger partial charge in [0, 0.05) is 46.3 Å². The summed E-state index contributed by atoms with van der Waals surface area (Å²) in [6.45, 7) is 0.759. The quantitative estimate of drug-likeness (QED) is 0.261. The van der Waals surface area contributed by atoms with Gasteiger partial charge < -0.3 is 14.6 Å². The van der Waals surface area contributed by atoms with Gasteiger partial charge in [-0.25, -0.2) is 0 Å². The maximum Gasteiger partial charge on any atom is 0.329 e. The minimum Gasteiger partial charge on any atom is -0.376 e. The fourth-order valence-corrected chi connectivity index (χ4v) is 6.75. The molecule has 5 aromatic carbocycles. The Morgan fingerprint density at radius 3 is 1.71 bits per heavy atom. The Labute approximate surface area is 244 Å². The van der Waals surface area contributed by atoms with Crippen LogP contribution in [0.4, 0.5) is 22.7 Å². The molecule has 7 heteroatoms. The highest BCUT2D eigenvalue weighted by Gasteiger charge is 2.42. The van der Waals surface area contributed by atoms with Crippen molar-refractivity contribution in [3.05, 3.63) is 140 Å². The molecule has 3 aliphatic heterocycles. The second kappa shape index (κ2) is 8.98. The molecular weight excluding hydrogens is 515 g/mol. The third-order valence-electron chi connectivity index (χ3n) is 8.63. The molecule has 198 valence electrons. The molecule has 1 aromatic heterocycles. The van der Waals surface area contributed by atoms with Crippen molar-refractivity contribution in [2.75, 3.05) is 21.3 Å². The van der Waals surface area contributed by atoms with Gasteiger partial charge in [-0.3, -0.25) is 0 Å². The van der Waals surface area contributed by atoms with Crippen molar-refractivity contribution in [1.29, 1.82) is 0 Å². The average Bonchev–Trinajstić information content (AvgIpc) is 3.78. The van der Waals surface area contributed by atoms with Crippen LogP contribution in [0.15, 0.2) is 140 Å². The van der Waals surface area contributed by atoms with Crippen molar-refractivity contribution in [3.63, 3.8) is 0 Å². The Bertz CT molecular complexity index is 2000. The van der Waals surface area contributed by atoms with Gasteiger partial charge in [-0.15, -0.1) is 0 Å². The Balaban J connectivity index is 1.24. The van der Waals surface area contributed by atoms with Gasteiger partial charge in [-0.1, -0.05) is 66.7 Å². The van der Waals surface area contributed by atoms with Crippen molar-refractivity contribution >= 4 is 40.5 Å². The topological polar surface area (TPSA) is 40.4 Å². The number of nitrogens with zero attached hydrogens (tertiary/aromatic N) is 6. The van der Waals surface area contributed by atoms with Crippen LogP contribution >= 0.6 is 0 Å². The molecule has 0 saturated carbocycles. The summed E-state index contributed by atoms with van der Waals surface area (Å²) in [4.78, 5) is 8.82. The third-order valence-corrected chi connectivity index (χ3v) is 8.63. The van der Waals surface area contributed by atoms with Gasteiger partial charge in [0.05, 0.1) is 24.7 Å². The summed E-state index contributed by atoms with van der Waals surface area (Å²) < 4.78 is 0. The first kappa shape index (κ1) is 23.2. The van der Waals surface area contributed by atoms with Gasteiger partial charge in [0.25, 0.3) is 0 Å². The molecular formula is C35H25BN6. The molecule has 0 fully saturated rings. The van der Waals surface area contributed by atoms with E-state index in [1.807, 2.05) is 0 Å². The highest BCUT2D eigenvalue weighted by atomic mass is 15.5. The first-order valence-corrected chi connectivity index (χ1v) is 14.2. The van der Waals surface area contributed by atoms with Gasteiger partial charge in [-0.05, 0) is 70.6 Å². The van der Waals surface area contributed by atoms with Crippen molar-refractivity contribution in [3.8, 4) is 27.9 Å². The summed E-state index contributed by atoms with van der Waals surface area (Å²) in [7, 11) is 0. The van der Waals surface area contributed by atoms with Crippen LogP contribution in [0.25, 0.3) is 27.9 Å². The third kappa shape index (κ3) is 3.40. The second-order valence-electron chi connectivity index (χ2n) is 10.9. The van der Waals surface area contributed by atoms with Crippen LogP contribution in [0.3, 0.4) is 0 Å². The van der Waals surface area contributed by atoms with Gasteiger partial charge in [0.2, 0.25) is 0 Å². The van der Waals surface area contributed by atoms with E-state index in [2.05, 4.69) is 152 Å². The van der Waals surface area contributed by atoms with Gasteiger partial charge in [0.1, 0.15) is 0 Å². The number of rotatable bonds is 3. The monoisotopic (exact) mass is 540 g/mol. The van der Waals surface area contributed by atoms with E-state index in [0.717, 1.165) is 12.4 Å². The first-order valence-electron chi connectivity index (χ1n) is 14.2. The Kier molecular flexibility index (Phi) is 4.95. The van der Waals surface area contributed by atoms with E-state index in [1.54, 1.807) is 17.2 Å². The molecule has 0 saturated heterocycles. The predicted octanol–water partition coefficient (Wildman–Crippen LogP) is 5.93. The molecule has 0 spiro atoms. The molecule has 0 amide bonds. The van der Waals surface area contributed by atoms with Gasteiger partial charge in [0.15, 0.2) is 0 Å². The summed E-state index contributed by atoms with van der Waals surface area (Å²) in [5.41, 5.74) is 13.3. The molecule has 0 bridgehead atoms. The van der Waals surface area contributed by atoms with Crippen LogP contribution in [-0.4, -0.2) is 28.5 Å². The summed E-state index contributed by atoms with van der Waals surface area (Å²) >= 11 is 0. The van der Waals surface area contributed by atoms with Crippen LogP contribution in [0.5, 0.6) is 0 Å². The lowest BCUT2D eigenvalue weighted by Gasteiger charge is -2.43. The maximum atomic E-state index is 4.44. The van der Waals surface area contributed by atoms with E-state index < -0.39 is 0 Å². The van der Waals surface area contributed by atoms with Crippen LogP contribution < -0.4 is 25.5 Å². The number of hydrogen-bond donors (Lipinski definition) is 0. The van der Waals surface area contributed by atoms with Crippen LogP contribution in [-0.2, 0) is 0 Å². The maximum absolute atomic E-state index is 4.44. The molecule has 42 heavy (non-hydrogen) atoms.